The molecule has 0 radical (unpaired) electrons. The third kappa shape index (κ3) is 5.77. The Balaban J connectivity index is 2.56. The summed E-state index contributed by atoms with van der Waals surface area (Å²) in [7, 11) is 0. The maximum Gasteiger partial charge on any atom is 0.304 e. The Labute approximate surface area is 100 Å². The molecule has 0 aliphatic carbocycles. The van der Waals surface area contributed by atoms with Crippen molar-refractivity contribution in [2.75, 3.05) is 13.1 Å². The van der Waals surface area contributed by atoms with Gasteiger partial charge in [-0.3, -0.25) is 19.5 Å². The van der Waals surface area contributed by atoms with Crippen molar-refractivity contribution in [3.05, 3.63) is 30.1 Å². The average Bonchev–Trinajstić information content (AvgIpc) is 2.26. The van der Waals surface area contributed by atoms with Crippen LogP contribution < -0.4 is 0 Å². The van der Waals surface area contributed by atoms with Crippen LogP contribution in [0.5, 0.6) is 0 Å². The van der Waals surface area contributed by atoms with Gasteiger partial charge in [-0.1, -0.05) is 6.07 Å². The Morgan fingerprint density at radius 2 is 2.24 bits per heavy atom. The second kappa shape index (κ2) is 6.75. The van der Waals surface area contributed by atoms with Crippen molar-refractivity contribution in [2.24, 2.45) is 0 Å². The zero-order valence-electron chi connectivity index (χ0n) is 9.80. The lowest BCUT2D eigenvalue weighted by atomic mass is 10.2. The van der Waals surface area contributed by atoms with Gasteiger partial charge in [0, 0.05) is 25.5 Å². The molecule has 1 N–H and O–H groups in total. The van der Waals surface area contributed by atoms with E-state index in [1.807, 2.05) is 17.0 Å². The summed E-state index contributed by atoms with van der Waals surface area (Å²) in [6.07, 6.45) is 3.43. The maximum absolute atomic E-state index is 11.1. The van der Waals surface area contributed by atoms with Crippen molar-refractivity contribution in [1.29, 1.82) is 0 Å². The minimum absolute atomic E-state index is 0.0271. The molecule has 92 valence electrons. The van der Waals surface area contributed by atoms with E-state index >= 15 is 0 Å². The van der Waals surface area contributed by atoms with Crippen LogP contribution in [0.1, 0.15) is 18.9 Å². The summed E-state index contributed by atoms with van der Waals surface area (Å²) in [6, 6.07) is 3.72. The van der Waals surface area contributed by atoms with Crippen LogP contribution in [-0.4, -0.2) is 39.8 Å². The molecule has 0 aliphatic rings. The van der Waals surface area contributed by atoms with E-state index in [1.54, 1.807) is 12.4 Å². The number of carboxylic acids is 1. The van der Waals surface area contributed by atoms with Gasteiger partial charge < -0.3 is 5.11 Å². The molecule has 5 heteroatoms. The summed E-state index contributed by atoms with van der Waals surface area (Å²) in [4.78, 5) is 27.4. The maximum atomic E-state index is 11.1. The molecule has 1 aromatic heterocycles. The zero-order valence-corrected chi connectivity index (χ0v) is 9.80. The van der Waals surface area contributed by atoms with Crippen LogP contribution in [0.4, 0.5) is 0 Å². The highest BCUT2D eigenvalue weighted by molar-refractivity contribution is 5.77. The van der Waals surface area contributed by atoms with Crippen LogP contribution in [0.15, 0.2) is 24.5 Å². The predicted octanol–water partition coefficient (Wildman–Crippen LogP) is 0.947. The number of pyridine rings is 1. The van der Waals surface area contributed by atoms with Gasteiger partial charge >= 0.3 is 5.97 Å². The molecule has 0 aliphatic heterocycles. The predicted molar refractivity (Wildman–Crippen MR) is 62.4 cm³/mol. The number of rotatable bonds is 7. The van der Waals surface area contributed by atoms with Crippen LogP contribution >= 0.6 is 0 Å². The second-order valence-corrected chi connectivity index (χ2v) is 3.92. The number of Topliss-reactive ketones (excluding diaryl/α,β-unsaturated/α-hetero) is 1. The first-order valence-electron chi connectivity index (χ1n) is 5.40. The first kappa shape index (κ1) is 13.3. The number of ketones is 1. The first-order chi connectivity index (χ1) is 8.08. The fourth-order valence-corrected chi connectivity index (χ4v) is 1.53. The van der Waals surface area contributed by atoms with E-state index in [0.717, 1.165) is 5.56 Å². The number of carbonyl (C=O) groups excluding carboxylic acids is 1. The molecule has 0 amide bonds. The highest BCUT2D eigenvalue weighted by atomic mass is 16.4. The quantitative estimate of drug-likeness (QED) is 0.763. The van der Waals surface area contributed by atoms with Gasteiger partial charge in [-0.05, 0) is 18.6 Å². The molecular formula is C12H16N2O3. The summed E-state index contributed by atoms with van der Waals surface area (Å²) in [5, 5.41) is 8.64. The normalized spacial score (nSPS) is 10.5. The molecule has 0 atom stereocenters. The lowest BCUT2D eigenvalue weighted by molar-refractivity contribution is -0.137. The van der Waals surface area contributed by atoms with E-state index in [1.165, 1.54) is 6.92 Å². The number of carboxylic acid groups (broad SMARTS) is 1. The van der Waals surface area contributed by atoms with Crippen LogP contribution in [0.3, 0.4) is 0 Å². The monoisotopic (exact) mass is 236 g/mol. The van der Waals surface area contributed by atoms with Gasteiger partial charge in [-0.2, -0.15) is 0 Å². The SMILES string of the molecule is CC(=O)CN(CCC(=O)O)Cc1cccnc1. The highest BCUT2D eigenvalue weighted by Gasteiger charge is 2.10. The zero-order chi connectivity index (χ0) is 12.7. The van der Waals surface area contributed by atoms with Crippen LogP contribution in [-0.2, 0) is 16.1 Å². The molecule has 0 aromatic carbocycles. The summed E-state index contributed by atoms with van der Waals surface area (Å²) < 4.78 is 0. The van der Waals surface area contributed by atoms with Gasteiger partial charge in [0.15, 0.2) is 0 Å². The topological polar surface area (TPSA) is 70.5 Å². The van der Waals surface area contributed by atoms with E-state index in [4.69, 9.17) is 5.11 Å². The van der Waals surface area contributed by atoms with Gasteiger partial charge in [0.05, 0.1) is 13.0 Å². The van der Waals surface area contributed by atoms with E-state index in [2.05, 4.69) is 4.98 Å². The molecule has 17 heavy (non-hydrogen) atoms. The highest BCUT2D eigenvalue weighted by Crippen LogP contribution is 2.03. The van der Waals surface area contributed by atoms with Gasteiger partial charge in [-0.15, -0.1) is 0 Å². The Bertz CT molecular complexity index is 379. The van der Waals surface area contributed by atoms with Gasteiger partial charge in [0.1, 0.15) is 5.78 Å². The Kier molecular flexibility index (Phi) is 5.29. The Morgan fingerprint density at radius 3 is 2.76 bits per heavy atom. The number of nitrogens with zero attached hydrogens (tertiary/aromatic N) is 2. The number of hydrogen-bond donors (Lipinski definition) is 1. The lowest BCUT2D eigenvalue weighted by Crippen LogP contribution is -2.30. The molecule has 0 bridgehead atoms. The van der Waals surface area contributed by atoms with Crippen LogP contribution in [0.25, 0.3) is 0 Å². The van der Waals surface area contributed by atoms with Crippen molar-refractivity contribution in [3.63, 3.8) is 0 Å². The molecular weight excluding hydrogens is 220 g/mol. The number of carbonyl (C=O) groups is 2. The number of aromatic nitrogens is 1. The minimum Gasteiger partial charge on any atom is -0.481 e. The summed E-state index contributed by atoms with van der Waals surface area (Å²) in [6.45, 7) is 2.67. The van der Waals surface area contributed by atoms with Crippen LogP contribution in [0.2, 0.25) is 0 Å². The van der Waals surface area contributed by atoms with Crippen LogP contribution in [0, 0.1) is 0 Å². The molecule has 0 spiro atoms. The molecule has 5 nitrogen and oxygen atoms in total. The third-order valence-electron chi connectivity index (χ3n) is 2.22. The smallest absolute Gasteiger partial charge is 0.304 e. The van der Waals surface area contributed by atoms with Crippen molar-refractivity contribution < 1.29 is 14.7 Å². The van der Waals surface area contributed by atoms with E-state index < -0.39 is 5.97 Å². The first-order valence-corrected chi connectivity index (χ1v) is 5.40. The number of aliphatic carboxylic acids is 1. The summed E-state index contributed by atoms with van der Waals surface area (Å²) in [5.74, 6) is -0.830. The lowest BCUT2D eigenvalue weighted by Gasteiger charge is -2.19. The molecule has 0 saturated carbocycles. The molecule has 0 fully saturated rings. The standard InChI is InChI=1S/C12H16N2O3/c1-10(15)8-14(6-4-12(16)17)9-11-3-2-5-13-7-11/h2-3,5,7H,4,6,8-9H2,1H3,(H,16,17). The van der Waals surface area contributed by atoms with Crippen molar-refractivity contribution in [2.45, 2.75) is 19.9 Å². The van der Waals surface area contributed by atoms with Crippen molar-refractivity contribution in [3.8, 4) is 0 Å². The molecule has 1 aromatic rings. The average molecular weight is 236 g/mol. The second-order valence-electron chi connectivity index (χ2n) is 3.92. The fourth-order valence-electron chi connectivity index (χ4n) is 1.53. The summed E-state index contributed by atoms with van der Waals surface area (Å²) >= 11 is 0. The Hall–Kier alpha value is -1.75. The molecule has 0 unspecified atom stereocenters. The minimum atomic E-state index is -0.857. The van der Waals surface area contributed by atoms with E-state index in [-0.39, 0.29) is 18.7 Å². The van der Waals surface area contributed by atoms with Gasteiger partial charge in [0.2, 0.25) is 0 Å². The van der Waals surface area contributed by atoms with Gasteiger partial charge in [-0.25, -0.2) is 0 Å². The Morgan fingerprint density at radius 1 is 1.47 bits per heavy atom. The largest absolute Gasteiger partial charge is 0.481 e. The third-order valence-corrected chi connectivity index (χ3v) is 2.22. The van der Waals surface area contributed by atoms with Crippen molar-refractivity contribution >= 4 is 11.8 Å². The molecule has 0 saturated heterocycles. The van der Waals surface area contributed by atoms with E-state index in [9.17, 15) is 9.59 Å². The molecule has 1 rings (SSSR count). The summed E-state index contributed by atoms with van der Waals surface area (Å²) in [5.41, 5.74) is 0.971. The number of hydrogen-bond acceptors (Lipinski definition) is 4. The van der Waals surface area contributed by atoms with E-state index in [0.29, 0.717) is 13.1 Å². The van der Waals surface area contributed by atoms with Crippen molar-refractivity contribution in [1.82, 2.24) is 9.88 Å². The van der Waals surface area contributed by atoms with Gasteiger partial charge in [0.25, 0.3) is 0 Å². The molecule has 1 heterocycles. The fraction of sp³-hybridized carbons (Fsp3) is 0.417.